The van der Waals surface area contributed by atoms with Crippen LogP contribution >= 0.6 is 0 Å². The highest BCUT2D eigenvalue weighted by molar-refractivity contribution is 5.73. The number of rotatable bonds is 7. The van der Waals surface area contributed by atoms with Crippen LogP contribution in [0.4, 0.5) is 13.2 Å². The molecule has 1 amide bonds. The highest BCUT2D eigenvalue weighted by Crippen LogP contribution is 2.31. The molecule has 4 nitrogen and oxygen atoms in total. The molecule has 2 aromatic carbocycles. The lowest BCUT2D eigenvalue weighted by molar-refractivity contribution is -0.137. The second kappa shape index (κ2) is 11.1. The molecule has 1 aliphatic carbocycles. The van der Waals surface area contributed by atoms with E-state index in [0.717, 1.165) is 67.6 Å². The Hall–Kier alpha value is -3.35. The van der Waals surface area contributed by atoms with Crippen molar-refractivity contribution >= 4 is 5.91 Å². The summed E-state index contributed by atoms with van der Waals surface area (Å²) in [5, 5.41) is 0. The summed E-state index contributed by atoms with van der Waals surface area (Å²) in [4.78, 5) is 22.3. The van der Waals surface area contributed by atoms with Crippen molar-refractivity contribution in [2.45, 2.75) is 71.1 Å². The summed E-state index contributed by atoms with van der Waals surface area (Å²) in [7, 11) is 0. The highest BCUT2D eigenvalue weighted by Gasteiger charge is 2.30. The molecule has 0 fully saturated rings. The van der Waals surface area contributed by atoms with Gasteiger partial charge in [0.05, 0.1) is 11.3 Å². The number of amides is 1. The van der Waals surface area contributed by atoms with Crippen molar-refractivity contribution < 1.29 is 18.0 Å². The second-order valence-electron chi connectivity index (χ2n) is 9.50. The Morgan fingerprint density at radius 1 is 1.06 bits per heavy atom. The third-order valence-corrected chi connectivity index (χ3v) is 6.93. The first-order valence-electron chi connectivity index (χ1n) is 12.4. The summed E-state index contributed by atoms with van der Waals surface area (Å²) in [6.45, 7) is 4.23. The van der Waals surface area contributed by atoms with E-state index in [1.54, 1.807) is 6.92 Å². The van der Waals surface area contributed by atoms with Gasteiger partial charge in [-0.2, -0.15) is 13.2 Å². The Bertz CT molecular complexity index is 1200. The summed E-state index contributed by atoms with van der Waals surface area (Å²) in [5.74, 6) is 0.694. The maximum atomic E-state index is 12.9. The molecule has 0 bridgehead atoms. The lowest BCUT2D eigenvalue weighted by Crippen LogP contribution is -2.38. The lowest BCUT2D eigenvalue weighted by atomic mass is 10.0. The molecule has 1 heterocycles. The summed E-state index contributed by atoms with van der Waals surface area (Å²) in [6.07, 6.45) is 3.37. The number of imidazole rings is 1. The molecule has 1 N–H and O–H groups in total. The first-order chi connectivity index (χ1) is 17.2. The number of aryl methyl sites for hydroxylation is 2. The molecular formula is C29H32F3N3O. The van der Waals surface area contributed by atoms with Crippen LogP contribution in [-0.4, -0.2) is 26.8 Å². The van der Waals surface area contributed by atoms with Crippen molar-refractivity contribution in [2.24, 2.45) is 0 Å². The van der Waals surface area contributed by atoms with Gasteiger partial charge in [-0.3, -0.25) is 4.79 Å². The van der Waals surface area contributed by atoms with Crippen molar-refractivity contribution in [3.63, 3.8) is 0 Å². The van der Waals surface area contributed by atoms with Crippen LogP contribution in [0.1, 0.15) is 61.5 Å². The number of carbonyl (C=O) groups is 1. The van der Waals surface area contributed by atoms with E-state index in [0.29, 0.717) is 17.9 Å². The van der Waals surface area contributed by atoms with Crippen LogP contribution in [0.25, 0.3) is 11.4 Å². The van der Waals surface area contributed by atoms with E-state index in [-0.39, 0.29) is 11.9 Å². The van der Waals surface area contributed by atoms with Gasteiger partial charge in [0.2, 0.25) is 5.91 Å². The van der Waals surface area contributed by atoms with Crippen LogP contribution in [0, 0.1) is 6.92 Å². The van der Waals surface area contributed by atoms with Crippen LogP contribution in [0.15, 0.2) is 66.2 Å². The van der Waals surface area contributed by atoms with Crippen LogP contribution in [0.2, 0.25) is 0 Å². The topological polar surface area (TPSA) is 49.0 Å². The fourth-order valence-corrected chi connectivity index (χ4v) is 4.87. The van der Waals surface area contributed by atoms with Gasteiger partial charge in [-0.25, -0.2) is 4.98 Å². The number of halogens is 3. The number of nitrogens with one attached hydrogen (secondary N) is 1. The Morgan fingerprint density at radius 2 is 1.78 bits per heavy atom. The Balaban J connectivity index is 1.35. The first-order valence-corrected chi connectivity index (χ1v) is 12.4. The SMILES string of the molecule is CC(=O)N(Cc1ccccc1)C1CCC=C(CCc2nc(-c3ccc(C(F)(F)F)cc3)[nH]c2C)CC1. The number of aromatic amines is 1. The number of nitrogens with zero attached hydrogens (tertiary/aromatic N) is 2. The maximum Gasteiger partial charge on any atom is 0.416 e. The number of carbonyl (C=O) groups excluding carboxylic acids is 1. The van der Waals surface area contributed by atoms with Crippen molar-refractivity contribution in [1.29, 1.82) is 0 Å². The van der Waals surface area contributed by atoms with Gasteiger partial charge in [0.1, 0.15) is 5.82 Å². The fraction of sp³-hybridized carbons (Fsp3) is 0.379. The molecule has 0 aliphatic heterocycles. The van der Waals surface area contributed by atoms with Gasteiger partial charge in [0.25, 0.3) is 0 Å². The van der Waals surface area contributed by atoms with E-state index in [1.165, 1.54) is 17.7 Å². The van der Waals surface area contributed by atoms with Gasteiger partial charge >= 0.3 is 6.18 Å². The number of H-pyrrole nitrogens is 1. The molecule has 4 rings (SSSR count). The van der Waals surface area contributed by atoms with Crippen LogP contribution in [0.3, 0.4) is 0 Å². The zero-order valence-corrected chi connectivity index (χ0v) is 20.7. The number of benzene rings is 2. The van der Waals surface area contributed by atoms with E-state index >= 15 is 0 Å². The molecule has 1 aromatic heterocycles. The Labute approximate surface area is 210 Å². The third-order valence-electron chi connectivity index (χ3n) is 6.93. The number of hydrogen-bond donors (Lipinski definition) is 1. The van der Waals surface area contributed by atoms with Crippen molar-refractivity contribution in [3.05, 3.63) is 88.8 Å². The largest absolute Gasteiger partial charge is 0.416 e. The summed E-state index contributed by atoms with van der Waals surface area (Å²) >= 11 is 0. The maximum absolute atomic E-state index is 12.9. The molecule has 190 valence electrons. The molecule has 7 heteroatoms. The lowest BCUT2D eigenvalue weighted by Gasteiger charge is -2.30. The predicted octanol–water partition coefficient (Wildman–Crippen LogP) is 7.25. The van der Waals surface area contributed by atoms with Crippen molar-refractivity contribution in [1.82, 2.24) is 14.9 Å². The molecule has 0 spiro atoms. The standard InChI is InChI=1S/C29H32F3N3O/c1-20-27(34-28(33-20)24-13-15-25(16-14-24)29(30,31)32)18-12-22-9-6-10-26(17-11-22)35(21(2)36)19-23-7-4-3-5-8-23/h3-5,7-9,13-16,26H,6,10-12,17-19H2,1-2H3,(H,33,34). The zero-order chi connectivity index (χ0) is 25.7. The highest BCUT2D eigenvalue weighted by atomic mass is 19.4. The molecule has 36 heavy (non-hydrogen) atoms. The van der Waals surface area contributed by atoms with Gasteiger partial charge in [0.15, 0.2) is 0 Å². The van der Waals surface area contributed by atoms with Gasteiger partial charge in [-0.05, 0) is 63.1 Å². The molecule has 0 saturated heterocycles. The van der Waals surface area contributed by atoms with Crippen LogP contribution < -0.4 is 0 Å². The molecular weight excluding hydrogens is 463 g/mol. The second-order valence-corrected chi connectivity index (χ2v) is 9.50. The van der Waals surface area contributed by atoms with Gasteiger partial charge < -0.3 is 9.88 Å². The van der Waals surface area contributed by atoms with E-state index in [9.17, 15) is 18.0 Å². The van der Waals surface area contributed by atoms with E-state index in [2.05, 4.69) is 28.2 Å². The minimum absolute atomic E-state index is 0.107. The van der Waals surface area contributed by atoms with Gasteiger partial charge in [-0.1, -0.05) is 54.1 Å². The molecule has 1 aliphatic rings. The quantitative estimate of drug-likeness (QED) is 0.351. The molecule has 3 aromatic rings. The minimum atomic E-state index is -4.35. The molecule has 0 radical (unpaired) electrons. The minimum Gasteiger partial charge on any atom is -0.342 e. The fourth-order valence-electron chi connectivity index (χ4n) is 4.87. The summed E-state index contributed by atoms with van der Waals surface area (Å²) in [5.41, 5.74) is 4.35. The number of hydrogen-bond acceptors (Lipinski definition) is 2. The van der Waals surface area contributed by atoms with Gasteiger partial charge in [0, 0.05) is 30.8 Å². The number of aromatic nitrogens is 2. The zero-order valence-electron chi connectivity index (χ0n) is 20.7. The van der Waals surface area contributed by atoms with Crippen LogP contribution in [-0.2, 0) is 23.9 Å². The van der Waals surface area contributed by atoms with Crippen molar-refractivity contribution in [3.8, 4) is 11.4 Å². The number of alkyl halides is 3. The normalized spacial score (nSPS) is 16.4. The van der Waals surface area contributed by atoms with Crippen LogP contribution in [0.5, 0.6) is 0 Å². The molecule has 1 atom stereocenters. The summed E-state index contributed by atoms with van der Waals surface area (Å²) in [6, 6.07) is 15.4. The molecule has 1 unspecified atom stereocenters. The Kier molecular flexibility index (Phi) is 7.97. The monoisotopic (exact) mass is 495 g/mol. The average molecular weight is 496 g/mol. The number of allylic oxidation sites excluding steroid dienone is 2. The van der Waals surface area contributed by atoms with Crippen molar-refractivity contribution in [2.75, 3.05) is 0 Å². The predicted molar refractivity (Wildman–Crippen MR) is 135 cm³/mol. The molecule has 0 saturated carbocycles. The Morgan fingerprint density at radius 3 is 2.44 bits per heavy atom. The summed E-state index contributed by atoms with van der Waals surface area (Å²) < 4.78 is 38.6. The average Bonchev–Trinajstić information content (AvgIpc) is 3.07. The third kappa shape index (κ3) is 6.45. The van der Waals surface area contributed by atoms with E-state index in [1.807, 2.05) is 30.0 Å². The van der Waals surface area contributed by atoms with E-state index in [4.69, 9.17) is 0 Å². The van der Waals surface area contributed by atoms with Gasteiger partial charge in [-0.15, -0.1) is 0 Å². The first kappa shape index (κ1) is 25.7. The van der Waals surface area contributed by atoms with E-state index < -0.39 is 11.7 Å². The smallest absolute Gasteiger partial charge is 0.342 e.